The molecule has 0 spiro atoms. The van der Waals surface area contributed by atoms with Gasteiger partial charge in [0.25, 0.3) is 23.6 Å². The number of imide groups is 2. The second kappa shape index (κ2) is 13.4. The molecule has 3 fully saturated rings. The summed E-state index contributed by atoms with van der Waals surface area (Å²) in [5.41, 5.74) is -1.09. The molecule has 0 radical (unpaired) electrons. The SMILES string of the molecule is CN(c1nc(C(F)(F)F)ccc1Cl)N1C(=O)[C@H]2[C@H](CC=C3[C@H](C4=COc5ccc(O)cc5C4)[C@@H]4C(=O)N(N(C)c5nc(C(F)(F)F)ccc5Cl)C(=O)[C@@H]4C[C@H]32)C1=O. The number of halogens is 8. The number of alkyl halides is 6. The van der Waals surface area contributed by atoms with Crippen LogP contribution in [0.2, 0.25) is 10.0 Å². The van der Waals surface area contributed by atoms with Crippen LogP contribution in [0.1, 0.15) is 29.8 Å². The Morgan fingerprint density at radius 1 is 0.754 bits per heavy atom. The summed E-state index contributed by atoms with van der Waals surface area (Å²) >= 11 is 12.5. The van der Waals surface area contributed by atoms with Crippen molar-refractivity contribution in [3.63, 3.8) is 0 Å². The summed E-state index contributed by atoms with van der Waals surface area (Å²) in [4.78, 5) is 64.6. The fourth-order valence-corrected chi connectivity index (χ4v) is 9.25. The highest BCUT2D eigenvalue weighted by atomic mass is 35.5. The van der Waals surface area contributed by atoms with Crippen LogP contribution >= 0.6 is 23.2 Å². The molecule has 5 heterocycles. The molecule has 298 valence electrons. The molecule has 2 aliphatic carbocycles. The Morgan fingerprint density at radius 2 is 1.30 bits per heavy atom. The van der Waals surface area contributed by atoms with Crippen LogP contribution in [0.3, 0.4) is 0 Å². The summed E-state index contributed by atoms with van der Waals surface area (Å²) in [6.45, 7) is 0. The van der Waals surface area contributed by atoms with Crippen molar-refractivity contribution in [2.45, 2.75) is 31.6 Å². The van der Waals surface area contributed by atoms with Gasteiger partial charge in [-0.25, -0.2) is 9.97 Å². The lowest BCUT2D eigenvalue weighted by molar-refractivity contribution is -0.143. The largest absolute Gasteiger partial charge is 0.508 e. The minimum Gasteiger partial charge on any atom is -0.508 e. The second-order valence-corrected chi connectivity index (χ2v) is 15.1. The summed E-state index contributed by atoms with van der Waals surface area (Å²) in [6.07, 6.45) is -6.69. The number of benzene rings is 1. The van der Waals surface area contributed by atoms with E-state index in [0.717, 1.165) is 22.2 Å². The number of fused-ring (bicyclic) bond motifs is 5. The fraction of sp³-hybridized carbons (Fsp3) is 0.351. The van der Waals surface area contributed by atoms with Gasteiger partial charge in [-0.1, -0.05) is 34.9 Å². The van der Waals surface area contributed by atoms with Crippen molar-refractivity contribution in [1.29, 1.82) is 0 Å². The number of aromatic nitrogens is 2. The number of pyridine rings is 2. The molecule has 1 aromatic carbocycles. The summed E-state index contributed by atoms with van der Waals surface area (Å²) in [5.74, 6) is -10.2. The van der Waals surface area contributed by atoms with Crippen LogP contribution in [0.25, 0.3) is 0 Å². The number of hydrogen-bond acceptors (Lipinski definition) is 10. The molecule has 12 nitrogen and oxygen atoms in total. The number of aromatic hydroxyl groups is 1. The Balaban J connectivity index is 1.19. The maximum Gasteiger partial charge on any atom is 0.433 e. The van der Waals surface area contributed by atoms with E-state index in [-0.39, 0.29) is 35.1 Å². The Labute approximate surface area is 328 Å². The van der Waals surface area contributed by atoms with E-state index in [2.05, 4.69) is 9.97 Å². The van der Waals surface area contributed by atoms with Crippen LogP contribution in [0.5, 0.6) is 11.5 Å². The van der Waals surface area contributed by atoms with Crippen molar-refractivity contribution in [2.75, 3.05) is 24.1 Å². The van der Waals surface area contributed by atoms with Gasteiger partial charge in [0.05, 0.1) is 40.0 Å². The number of allylic oxidation sites excluding steroid dienone is 3. The first kappa shape index (κ1) is 38.5. The van der Waals surface area contributed by atoms with Gasteiger partial charge in [0.15, 0.2) is 11.6 Å². The van der Waals surface area contributed by atoms with Crippen molar-refractivity contribution < 1.29 is 55.4 Å². The summed E-state index contributed by atoms with van der Waals surface area (Å²) in [7, 11) is 2.34. The molecular formula is C37H28Cl2F6N6O6. The highest BCUT2D eigenvalue weighted by Gasteiger charge is 2.64. The van der Waals surface area contributed by atoms with Crippen molar-refractivity contribution in [1.82, 2.24) is 20.0 Å². The quantitative estimate of drug-likeness (QED) is 0.170. The van der Waals surface area contributed by atoms with Gasteiger partial charge >= 0.3 is 12.4 Å². The normalized spacial score (nSPS) is 25.6. The van der Waals surface area contributed by atoms with Crippen LogP contribution in [-0.4, -0.2) is 62.8 Å². The van der Waals surface area contributed by atoms with Gasteiger partial charge in [-0.2, -0.15) is 36.4 Å². The molecule has 20 heteroatoms. The van der Waals surface area contributed by atoms with Gasteiger partial charge in [-0.05, 0) is 66.8 Å². The van der Waals surface area contributed by atoms with Gasteiger partial charge in [0.2, 0.25) is 0 Å². The number of hydrogen-bond donors (Lipinski definition) is 1. The maximum atomic E-state index is 14.6. The van der Waals surface area contributed by atoms with Gasteiger partial charge in [-0.3, -0.25) is 29.2 Å². The molecule has 1 saturated carbocycles. The molecule has 1 N–H and O–H groups in total. The number of ether oxygens (including phenoxy) is 1. The zero-order valence-corrected chi connectivity index (χ0v) is 31.0. The van der Waals surface area contributed by atoms with Crippen LogP contribution in [0, 0.1) is 35.5 Å². The lowest BCUT2D eigenvalue weighted by Crippen LogP contribution is -2.47. The second-order valence-electron chi connectivity index (χ2n) is 14.3. The topological polar surface area (TPSA) is 136 Å². The van der Waals surface area contributed by atoms with E-state index in [0.29, 0.717) is 44.6 Å². The molecule has 0 bridgehead atoms. The molecule has 3 aromatic rings. The summed E-state index contributed by atoms with van der Waals surface area (Å²) < 4.78 is 87.9. The van der Waals surface area contributed by atoms with Crippen LogP contribution < -0.4 is 14.8 Å². The van der Waals surface area contributed by atoms with Crippen LogP contribution in [0.15, 0.2) is 65.9 Å². The molecule has 2 aromatic heterocycles. The average Bonchev–Trinajstić information content (AvgIpc) is 3.55. The minimum atomic E-state index is -4.88. The van der Waals surface area contributed by atoms with Crippen molar-refractivity contribution in [3.05, 3.63) is 92.9 Å². The molecular weight excluding hydrogens is 809 g/mol. The van der Waals surface area contributed by atoms with Crippen molar-refractivity contribution >= 4 is 58.5 Å². The first-order valence-electron chi connectivity index (χ1n) is 17.4. The first-order valence-corrected chi connectivity index (χ1v) is 18.1. The highest BCUT2D eigenvalue weighted by molar-refractivity contribution is 6.33. The predicted octanol–water partition coefficient (Wildman–Crippen LogP) is 6.62. The number of phenols is 1. The third-order valence-electron chi connectivity index (χ3n) is 11.2. The van der Waals surface area contributed by atoms with E-state index >= 15 is 0 Å². The number of carbonyl (C=O) groups is 4. The van der Waals surface area contributed by atoms with E-state index in [1.807, 2.05) is 0 Å². The first-order chi connectivity index (χ1) is 26.8. The van der Waals surface area contributed by atoms with Crippen molar-refractivity contribution in [3.8, 4) is 11.5 Å². The maximum absolute atomic E-state index is 14.6. The van der Waals surface area contributed by atoms with Gasteiger partial charge in [0.1, 0.15) is 22.9 Å². The van der Waals surface area contributed by atoms with E-state index in [1.54, 1.807) is 12.1 Å². The zero-order valence-electron chi connectivity index (χ0n) is 29.5. The highest BCUT2D eigenvalue weighted by Crippen LogP contribution is 2.58. The van der Waals surface area contributed by atoms with E-state index in [1.165, 1.54) is 32.5 Å². The number of nitrogens with zero attached hydrogens (tertiary/aromatic N) is 6. The summed E-state index contributed by atoms with van der Waals surface area (Å²) in [5, 5.41) is 12.8. The monoisotopic (exact) mass is 836 g/mol. The lowest BCUT2D eigenvalue weighted by Gasteiger charge is -2.44. The van der Waals surface area contributed by atoms with E-state index in [4.69, 9.17) is 27.9 Å². The Hall–Kier alpha value is -5.36. The molecule has 57 heavy (non-hydrogen) atoms. The fourth-order valence-electron chi connectivity index (χ4n) is 8.79. The third-order valence-corrected chi connectivity index (χ3v) is 11.8. The zero-order chi connectivity index (χ0) is 41.0. The van der Waals surface area contributed by atoms with Gasteiger partial charge in [0, 0.05) is 32.0 Å². The Morgan fingerprint density at radius 3 is 1.86 bits per heavy atom. The van der Waals surface area contributed by atoms with Gasteiger partial charge < -0.3 is 9.84 Å². The molecule has 2 saturated heterocycles. The van der Waals surface area contributed by atoms with Crippen LogP contribution in [0.4, 0.5) is 38.0 Å². The molecule has 8 rings (SSSR count). The molecule has 0 unspecified atom stereocenters. The number of amides is 4. The third kappa shape index (κ3) is 6.14. The number of rotatable bonds is 5. The molecule has 3 aliphatic heterocycles. The lowest BCUT2D eigenvalue weighted by atomic mass is 9.56. The predicted molar refractivity (Wildman–Crippen MR) is 188 cm³/mol. The minimum absolute atomic E-state index is 0.0237. The molecule has 6 atom stereocenters. The van der Waals surface area contributed by atoms with Crippen molar-refractivity contribution in [2.24, 2.45) is 35.5 Å². The Bertz CT molecular complexity index is 2340. The number of carbonyl (C=O) groups excluding carboxylic acids is 4. The number of anilines is 2. The smallest absolute Gasteiger partial charge is 0.433 e. The average molecular weight is 838 g/mol. The number of phenolic OH excluding ortho intramolecular Hbond substituents is 1. The standard InChI is InChI=1S/C37H28Cl2F6N6O6/c1-48(30-22(38)6-9-25(46-30)36(40,41)42)50-32(53)19-5-4-18-20(28(19)34(50)55)13-21-29(27(18)16-11-15-12-17(52)3-8-24(15)57-14-16)35(56)51(33(21)54)49(2)31-23(39)7-10-26(47-31)37(43,44)45/h3-4,6-10,12,14,19-21,27-29,52H,5,11,13H2,1-2H3/t19-,20+,21+,27-,28-,29+/m0/s1. The Kier molecular flexibility index (Phi) is 9.03. The molecule has 5 aliphatic rings. The summed E-state index contributed by atoms with van der Waals surface area (Å²) in [6, 6.07) is 7.62. The van der Waals surface area contributed by atoms with Gasteiger partial charge in [-0.15, -0.1) is 0 Å². The number of hydrazine groups is 2. The van der Waals surface area contributed by atoms with E-state index in [9.17, 15) is 50.6 Å². The molecule has 4 amide bonds. The van der Waals surface area contributed by atoms with E-state index < -0.39 is 94.5 Å². The van der Waals surface area contributed by atoms with Crippen LogP contribution in [-0.2, 0) is 38.0 Å².